The molecular weight excluding hydrogens is 490 g/mol. The van der Waals surface area contributed by atoms with Crippen molar-refractivity contribution in [2.45, 2.75) is 17.2 Å². The van der Waals surface area contributed by atoms with Crippen LogP contribution in [0.15, 0.2) is 88.4 Å². The highest BCUT2D eigenvalue weighted by molar-refractivity contribution is 9.10. The molecule has 0 unspecified atom stereocenters. The van der Waals surface area contributed by atoms with Crippen molar-refractivity contribution in [1.82, 2.24) is 9.88 Å². The summed E-state index contributed by atoms with van der Waals surface area (Å²) in [4.78, 5) is 23.8. The highest BCUT2D eigenvalue weighted by Crippen LogP contribution is 2.32. The van der Waals surface area contributed by atoms with E-state index in [0.29, 0.717) is 18.7 Å². The van der Waals surface area contributed by atoms with Crippen molar-refractivity contribution >= 4 is 50.2 Å². The van der Waals surface area contributed by atoms with Crippen LogP contribution in [0.3, 0.4) is 0 Å². The van der Waals surface area contributed by atoms with Gasteiger partial charge in [-0.2, -0.15) is 0 Å². The van der Waals surface area contributed by atoms with Crippen molar-refractivity contribution in [3.05, 3.63) is 105 Å². The van der Waals surface area contributed by atoms with E-state index in [1.54, 1.807) is 11.8 Å². The number of non-ortho nitro benzene ring substituents is 1. The number of nitrogens with zero attached hydrogens (tertiary/aromatic N) is 2. The maximum atomic E-state index is 12.4. The van der Waals surface area contributed by atoms with Crippen molar-refractivity contribution < 1.29 is 9.72 Å². The number of thioether (sulfide) groups is 1. The number of para-hydroxylation sites is 1. The Bertz CT molecular complexity index is 1250. The number of nitro groups is 1. The molecule has 0 fully saturated rings. The van der Waals surface area contributed by atoms with E-state index in [1.807, 2.05) is 24.3 Å². The van der Waals surface area contributed by atoms with E-state index < -0.39 is 4.92 Å². The Kier molecular flexibility index (Phi) is 6.92. The summed E-state index contributed by atoms with van der Waals surface area (Å²) in [6.45, 7) is 1.07. The van der Waals surface area contributed by atoms with Crippen LogP contribution < -0.4 is 5.32 Å². The topological polar surface area (TPSA) is 77.2 Å². The summed E-state index contributed by atoms with van der Waals surface area (Å²) < 4.78 is 3.22. The maximum absolute atomic E-state index is 12.4. The van der Waals surface area contributed by atoms with E-state index in [1.165, 1.54) is 40.1 Å². The van der Waals surface area contributed by atoms with Crippen LogP contribution >= 0.6 is 27.7 Å². The third kappa shape index (κ3) is 5.20. The minimum Gasteiger partial charge on any atom is -0.350 e. The summed E-state index contributed by atoms with van der Waals surface area (Å²) in [5.41, 5.74) is 2.74. The fourth-order valence-electron chi connectivity index (χ4n) is 3.38. The molecule has 0 saturated carbocycles. The zero-order valence-corrected chi connectivity index (χ0v) is 19.4. The maximum Gasteiger partial charge on any atom is 0.269 e. The van der Waals surface area contributed by atoms with Gasteiger partial charge in [0.15, 0.2) is 0 Å². The molecule has 1 aromatic heterocycles. The molecule has 8 heteroatoms. The van der Waals surface area contributed by atoms with Crippen LogP contribution in [0.2, 0.25) is 0 Å². The lowest BCUT2D eigenvalue weighted by molar-refractivity contribution is -0.384. The van der Waals surface area contributed by atoms with Gasteiger partial charge in [-0.15, -0.1) is 11.8 Å². The summed E-state index contributed by atoms with van der Waals surface area (Å²) >= 11 is 5.26. The predicted octanol–water partition coefficient (Wildman–Crippen LogP) is 6.03. The average Bonchev–Trinajstić information content (AvgIpc) is 3.16. The second-order valence-electron chi connectivity index (χ2n) is 7.18. The third-order valence-corrected chi connectivity index (χ3v) is 6.68. The Labute approximate surface area is 197 Å². The van der Waals surface area contributed by atoms with Crippen LogP contribution in [0.5, 0.6) is 0 Å². The van der Waals surface area contributed by atoms with Gasteiger partial charge in [0.2, 0.25) is 0 Å². The van der Waals surface area contributed by atoms with Gasteiger partial charge in [-0.05, 0) is 35.9 Å². The van der Waals surface area contributed by atoms with Gasteiger partial charge in [0.05, 0.1) is 4.92 Å². The number of fused-ring (bicyclic) bond motifs is 1. The van der Waals surface area contributed by atoms with Gasteiger partial charge in [0, 0.05) is 63.0 Å². The molecule has 4 aromatic rings. The second-order valence-corrected chi connectivity index (χ2v) is 9.11. The third-order valence-electron chi connectivity index (χ3n) is 5.04. The lowest BCUT2D eigenvalue weighted by Gasteiger charge is -2.07. The molecule has 1 heterocycles. The zero-order valence-electron chi connectivity index (χ0n) is 17.0. The predicted molar refractivity (Wildman–Crippen MR) is 131 cm³/mol. The van der Waals surface area contributed by atoms with Crippen molar-refractivity contribution in [3.63, 3.8) is 0 Å². The molecule has 1 N–H and O–H groups in total. The number of benzene rings is 3. The first-order valence-electron chi connectivity index (χ1n) is 9.99. The van der Waals surface area contributed by atoms with Crippen molar-refractivity contribution in [2.75, 3.05) is 6.54 Å². The van der Waals surface area contributed by atoms with E-state index in [0.717, 1.165) is 15.7 Å². The number of carbonyl (C=O) groups is 1. The van der Waals surface area contributed by atoms with Crippen molar-refractivity contribution in [2.24, 2.45) is 0 Å². The number of halogens is 1. The molecule has 3 aromatic carbocycles. The summed E-state index contributed by atoms with van der Waals surface area (Å²) in [5.74, 6) is 0.624. The van der Waals surface area contributed by atoms with Crippen LogP contribution in [0.1, 0.15) is 15.9 Å². The van der Waals surface area contributed by atoms with Gasteiger partial charge in [0.25, 0.3) is 11.6 Å². The van der Waals surface area contributed by atoms with Crippen LogP contribution in [-0.2, 0) is 12.3 Å². The molecule has 0 radical (unpaired) electrons. The number of aromatic nitrogens is 1. The number of amides is 1. The van der Waals surface area contributed by atoms with Crippen LogP contribution in [0, 0.1) is 10.1 Å². The standard InChI is InChI=1S/C24H20BrN3O3S/c25-19-9-5-17(6-10-19)16-32-23-15-27(22-4-2-1-3-21(22)23)14-13-26-24(29)18-7-11-20(12-8-18)28(30)31/h1-12,15H,13-14,16H2,(H,26,29). The number of rotatable bonds is 8. The molecule has 4 rings (SSSR count). The molecule has 0 aliphatic carbocycles. The van der Waals surface area contributed by atoms with Gasteiger partial charge < -0.3 is 9.88 Å². The molecule has 1 amide bonds. The summed E-state index contributed by atoms with van der Waals surface area (Å²) in [7, 11) is 0. The molecule has 0 atom stereocenters. The fraction of sp³-hybridized carbons (Fsp3) is 0.125. The Hall–Kier alpha value is -3.10. The van der Waals surface area contributed by atoms with Gasteiger partial charge in [-0.3, -0.25) is 14.9 Å². The largest absolute Gasteiger partial charge is 0.350 e. The van der Waals surface area contributed by atoms with E-state index in [9.17, 15) is 14.9 Å². The first kappa shape index (κ1) is 22.1. The van der Waals surface area contributed by atoms with Crippen LogP contribution in [0.4, 0.5) is 5.69 Å². The molecule has 0 saturated heterocycles. The Morgan fingerprint density at radius 1 is 1.03 bits per heavy atom. The minimum atomic E-state index is -0.481. The molecule has 32 heavy (non-hydrogen) atoms. The van der Waals surface area contributed by atoms with Crippen LogP contribution in [0.25, 0.3) is 10.9 Å². The molecule has 0 bridgehead atoms. The molecule has 0 aliphatic rings. The lowest BCUT2D eigenvalue weighted by atomic mass is 10.2. The Balaban J connectivity index is 1.41. The molecular formula is C24H20BrN3O3S. The SMILES string of the molecule is O=C(NCCn1cc(SCc2ccc(Br)cc2)c2ccccc21)c1ccc([N+](=O)[O-])cc1. The van der Waals surface area contributed by atoms with E-state index >= 15 is 0 Å². The highest BCUT2D eigenvalue weighted by atomic mass is 79.9. The fourth-order valence-corrected chi connectivity index (χ4v) is 4.69. The smallest absolute Gasteiger partial charge is 0.269 e. The number of hydrogen-bond acceptors (Lipinski definition) is 4. The molecule has 0 aliphatic heterocycles. The number of nitro benzene ring substituents is 1. The zero-order chi connectivity index (χ0) is 22.5. The van der Waals surface area contributed by atoms with Gasteiger partial charge in [-0.1, -0.05) is 46.3 Å². The number of hydrogen-bond donors (Lipinski definition) is 1. The van der Waals surface area contributed by atoms with Gasteiger partial charge in [0.1, 0.15) is 0 Å². The minimum absolute atomic E-state index is 0.0338. The highest BCUT2D eigenvalue weighted by Gasteiger charge is 2.11. The summed E-state index contributed by atoms with van der Waals surface area (Å²) in [6.07, 6.45) is 2.13. The van der Waals surface area contributed by atoms with E-state index in [4.69, 9.17) is 0 Å². The normalized spacial score (nSPS) is 10.9. The summed E-state index contributed by atoms with van der Waals surface area (Å²) in [5, 5.41) is 14.8. The van der Waals surface area contributed by atoms with Gasteiger partial charge >= 0.3 is 0 Å². The average molecular weight is 510 g/mol. The Morgan fingerprint density at radius 2 is 1.75 bits per heavy atom. The monoisotopic (exact) mass is 509 g/mol. The van der Waals surface area contributed by atoms with Gasteiger partial charge in [-0.25, -0.2) is 0 Å². The van der Waals surface area contributed by atoms with Crippen molar-refractivity contribution in [3.8, 4) is 0 Å². The number of carbonyl (C=O) groups excluding carboxylic acids is 1. The van der Waals surface area contributed by atoms with E-state index in [-0.39, 0.29) is 11.6 Å². The quantitative estimate of drug-likeness (QED) is 0.178. The van der Waals surface area contributed by atoms with E-state index in [2.05, 4.69) is 56.3 Å². The lowest BCUT2D eigenvalue weighted by Crippen LogP contribution is -2.27. The molecule has 162 valence electrons. The summed E-state index contributed by atoms with van der Waals surface area (Å²) in [6, 6.07) is 22.2. The Morgan fingerprint density at radius 3 is 2.47 bits per heavy atom. The second kappa shape index (κ2) is 10.0. The van der Waals surface area contributed by atoms with Crippen LogP contribution in [-0.4, -0.2) is 21.9 Å². The molecule has 6 nitrogen and oxygen atoms in total. The molecule has 0 spiro atoms. The first-order chi connectivity index (χ1) is 15.5. The first-order valence-corrected chi connectivity index (χ1v) is 11.8. The number of nitrogens with one attached hydrogen (secondary N) is 1. The van der Waals surface area contributed by atoms with Crippen molar-refractivity contribution in [1.29, 1.82) is 0 Å².